The third kappa shape index (κ3) is 11.3. The molecule has 2 aromatic rings. The van der Waals surface area contributed by atoms with Crippen molar-refractivity contribution in [2.24, 2.45) is 5.92 Å². The highest BCUT2D eigenvalue weighted by Gasteiger charge is 2.12. The molecule has 1 atom stereocenters. The van der Waals surface area contributed by atoms with Gasteiger partial charge in [-0.05, 0) is 73.7 Å². The van der Waals surface area contributed by atoms with Gasteiger partial charge < -0.3 is 14.2 Å². The Bertz CT molecular complexity index is 886. The Kier molecular flexibility index (Phi) is 13.3. The van der Waals surface area contributed by atoms with Gasteiger partial charge in [0.2, 0.25) is 0 Å². The molecule has 0 N–H and O–H groups in total. The van der Waals surface area contributed by atoms with E-state index in [1.165, 1.54) is 38.5 Å². The van der Waals surface area contributed by atoms with Gasteiger partial charge in [-0.25, -0.2) is 9.59 Å². The van der Waals surface area contributed by atoms with Gasteiger partial charge in [-0.2, -0.15) is 0 Å². The number of hydrogen-bond donors (Lipinski definition) is 0. The van der Waals surface area contributed by atoms with Crippen LogP contribution in [0.5, 0.6) is 11.5 Å². The lowest BCUT2D eigenvalue weighted by Crippen LogP contribution is -2.12. The van der Waals surface area contributed by atoms with Crippen LogP contribution in [-0.4, -0.2) is 25.2 Å². The second kappa shape index (κ2) is 16.5. The number of carbonyl (C=O) groups excluding carboxylic acids is 2. The van der Waals surface area contributed by atoms with Gasteiger partial charge in [-0.1, -0.05) is 58.4 Å². The molecule has 0 fully saturated rings. The summed E-state index contributed by atoms with van der Waals surface area (Å²) in [5, 5.41) is 0. The maximum absolute atomic E-state index is 12.4. The van der Waals surface area contributed by atoms with Crippen LogP contribution < -0.4 is 9.47 Å². The maximum atomic E-state index is 12.4. The first-order chi connectivity index (χ1) is 17.0. The Morgan fingerprint density at radius 3 is 1.94 bits per heavy atom. The molecule has 0 heterocycles. The lowest BCUT2D eigenvalue weighted by Gasteiger charge is -2.10. The van der Waals surface area contributed by atoms with E-state index in [-0.39, 0.29) is 5.97 Å². The molecule has 0 saturated carbocycles. The fourth-order valence-electron chi connectivity index (χ4n) is 3.40. The van der Waals surface area contributed by atoms with Crippen molar-refractivity contribution < 1.29 is 23.8 Å². The molecule has 190 valence electrons. The van der Waals surface area contributed by atoms with E-state index in [0.29, 0.717) is 36.0 Å². The van der Waals surface area contributed by atoms with E-state index in [2.05, 4.69) is 13.5 Å². The number of hydrogen-bond acceptors (Lipinski definition) is 5. The van der Waals surface area contributed by atoms with Gasteiger partial charge in [0.1, 0.15) is 11.5 Å². The van der Waals surface area contributed by atoms with E-state index in [4.69, 9.17) is 14.2 Å². The van der Waals surface area contributed by atoms with Crippen LogP contribution in [0.1, 0.15) is 92.4 Å². The lowest BCUT2D eigenvalue weighted by atomic mass is 10.1. The van der Waals surface area contributed by atoms with Crippen LogP contribution in [0.25, 0.3) is 0 Å². The van der Waals surface area contributed by atoms with Crippen molar-refractivity contribution in [2.45, 2.75) is 71.6 Å². The predicted octanol–water partition coefficient (Wildman–Crippen LogP) is 7.79. The standard InChI is InChI=1S/C30H40O5/c1-4-6-7-8-9-10-11-12-13-22-33-27-18-14-26(15-19-27)30(32)35-28-20-16-25(17-21-28)29(31)34-23-24(3)5-2/h4,14-21,24H,1,5-13,22-23H2,2-3H3. The number of ether oxygens (including phenoxy) is 3. The number of unbranched alkanes of at least 4 members (excludes halogenated alkanes) is 7. The smallest absolute Gasteiger partial charge is 0.343 e. The number of esters is 2. The predicted molar refractivity (Wildman–Crippen MR) is 140 cm³/mol. The summed E-state index contributed by atoms with van der Waals surface area (Å²) >= 11 is 0. The molecule has 0 aromatic heterocycles. The molecule has 2 aromatic carbocycles. The van der Waals surface area contributed by atoms with Gasteiger partial charge in [0, 0.05) is 0 Å². The third-order valence-electron chi connectivity index (χ3n) is 5.91. The zero-order chi connectivity index (χ0) is 25.3. The van der Waals surface area contributed by atoms with Crippen molar-refractivity contribution in [3.05, 3.63) is 72.3 Å². The Morgan fingerprint density at radius 1 is 0.800 bits per heavy atom. The average Bonchev–Trinajstić information content (AvgIpc) is 2.88. The third-order valence-corrected chi connectivity index (χ3v) is 5.91. The highest BCUT2D eigenvalue weighted by atomic mass is 16.5. The number of carbonyl (C=O) groups is 2. The van der Waals surface area contributed by atoms with Crippen molar-refractivity contribution >= 4 is 11.9 Å². The summed E-state index contributed by atoms with van der Waals surface area (Å²) in [4.78, 5) is 24.5. The minimum atomic E-state index is -0.461. The van der Waals surface area contributed by atoms with E-state index in [1.807, 2.05) is 13.0 Å². The van der Waals surface area contributed by atoms with E-state index >= 15 is 0 Å². The molecule has 0 amide bonds. The minimum Gasteiger partial charge on any atom is -0.494 e. The first-order valence-corrected chi connectivity index (χ1v) is 12.9. The van der Waals surface area contributed by atoms with Crippen LogP contribution in [0.3, 0.4) is 0 Å². The molecule has 2 rings (SSSR count). The van der Waals surface area contributed by atoms with E-state index in [0.717, 1.165) is 25.0 Å². The van der Waals surface area contributed by atoms with Crippen molar-refractivity contribution in [1.29, 1.82) is 0 Å². The van der Waals surface area contributed by atoms with Gasteiger partial charge >= 0.3 is 11.9 Å². The van der Waals surface area contributed by atoms with Crippen molar-refractivity contribution in [2.75, 3.05) is 13.2 Å². The SMILES string of the molecule is C=CCCCCCCCCCOc1ccc(C(=O)Oc2ccc(C(=O)OCC(C)CC)cc2)cc1. The highest BCUT2D eigenvalue weighted by Crippen LogP contribution is 2.18. The van der Waals surface area contributed by atoms with Crippen LogP contribution in [-0.2, 0) is 4.74 Å². The van der Waals surface area contributed by atoms with Crippen LogP contribution in [0, 0.1) is 5.92 Å². The van der Waals surface area contributed by atoms with Crippen LogP contribution in [0.2, 0.25) is 0 Å². The largest absolute Gasteiger partial charge is 0.494 e. The molecule has 1 unspecified atom stereocenters. The summed E-state index contributed by atoms with van der Waals surface area (Å²) in [6.45, 7) is 8.90. The second-order valence-corrected chi connectivity index (χ2v) is 8.95. The summed E-state index contributed by atoms with van der Waals surface area (Å²) in [6.07, 6.45) is 12.6. The Labute approximate surface area is 210 Å². The van der Waals surface area contributed by atoms with Crippen molar-refractivity contribution in [3.8, 4) is 11.5 Å². The molecule has 0 bridgehead atoms. The molecule has 5 nitrogen and oxygen atoms in total. The first kappa shape index (κ1) is 28.2. The highest BCUT2D eigenvalue weighted by molar-refractivity contribution is 5.92. The summed E-state index contributed by atoms with van der Waals surface area (Å²) in [5.41, 5.74) is 0.865. The maximum Gasteiger partial charge on any atom is 0.343 e. The molecule has 0 aliphatic heterocycles. The van der Waals surface area contributed by atoms with Crippen molar-refractivity contribution in [1.82, 2.24) is 0 Å². The fraction of sp³-hybridized carbons (Fsp3) is 0.467. The molecular formula is C30H40O5. The lowest BCUT2D eigenvalue weighted by molar-refractivity contribution is 0.0447. The van der Waals surface area contributed by atoms with Crippen LogP contribution in [0.15, 0.2) is 61.2 Å². The normalized spacial score (nSPS) is 11.5. The molecule has 5 heteroatoms. The zero-order valence-corrected chi connectivity index (χ0v) is 21.3. The van der Waals surface area contributed by atoms with Gasteiger partial charge in [0.25, 0.3) is 0 Å². The molecule has 35 heavy (non-hydrogen) atoms. The van der Waals surface area contributed by atoms with E-state index in [1.54, 1.807) is 48.5 Å². The Hall–Kier alpha value is -3.08. The molecule has 0 radical (unpaired) electrons. The molecule has 0 aliphatic rings. The molecular weight excluding hydrogens is 440 g/mol. The minimum absolute atomic E-state index is 0.323. The van der Waals surface area contributed by atoms with Gasteiger partial charge in [-0.3, -0.25) is 0 Å². The monoisotopic (exact) mass is 480 g/mol. The number of allylic oxidation sites excluding steroid dienone is 1. The van der Waals surface area contributed by atoms with Crippen LogP contribution in [0.4, 0.5) is 0 Å². The van der Waals surface area contributed by atoms with E-state index < -0.39 is 5.97 Å². The summed E-state index contributed by atoms with van der Waals surface area (Å²) < 4.78 is 16.5. The van der Waals surface area contributed by atoms with Crippen molar-refractivity contribution in [3.63, 3.8) is 0 Å². The van der Waals surface area contributed by atoms with Gasteiger partial charge in [0.15, 0.2) is 0 Å². The quantitative estimate of drug-likeness (QED) is 0.100. The van der Waals surface area contributed by atoms with Gasteiger partial charge in [-0.15, -0.1) is 6.58 Å². The Balaban J connectivity index is 1.68. The molecule has 0 aliphatic carbocycles. The topological polar surface area (TPSA) is 61.8 Å². The Morgan fingerprint density at radius 2 is 1.34 bits per heavy atom. The number of benzene rings is 2. The summed E-state index contributed by atoms with van der Waals surface area (Å²) in [5.74, 6) is 0.596. The summed E-state index contributed by atoms with van der Waals surface area (Å²) in [7, 11) is 0. The molecule has 0 saturated heterocycles. The second-order valence-electron chi connectivity index (χ2n) is 8.95. The fourth-order valence-corrected chi connectivity index (χ4v) is 3.40. The van der Waals surface area contributed by atoms with E-state index in [9.17, 15) is 9.59 Å². The average molecular weight is 481 g/mol. The first-order valence-electron chi connectivity index (χ1n) is 12.9. The van der Waals surface area contributed by atoms with Crippen LogP contribution >= 0.6 is 0 Å². The summed E-state index contributed by atoms with van der Waals surface area (Å²) in [6, 6.07) is 13.3. The van der Waals surface area contributed by atoms with Gasteiger partial charge in [0.05, 0.1) is 24.3 Å². The number of rotatable bonds is 17. The molecule has 0 spiro atoms. The zero-order valence-electron chi connectivity index (χ0n) is 21.3.